The minimum atomic E-state index is -0.118. The Hall–Kier alpha value is -3.09. The van der Waals surface area contributed by atoms with Crippen molar-refractivity contribution >= 4 is 17.4 Å². The predicted molar refractivity (Wildman–Crippen MR) is 108 cm³/mol. The SMILES string of the molecule is Cc1oc(-c2ccccc2)nc1CC(=O)Nc1c(N2CCCC2)nn(C)c1C. The molecule has 0 aliphatic carbocycles. The summed E-state index contributed by atoms with van der Waals surface area (Å²) in [4.78, 5) is 19.5. The zero-order valence-electron chi connectivity index (χ0n) is 16.5. The molecule has 146 valence electrons. The van der Waals surface area contributed by atoms with Gasteiger partial charge in [0.2, 0.25) is 11.8 Å². The highest BCUT2D eigenvalue weighted by Gasteiger charge is 2.24. The maximum absolute atomic E-state index is 12.8. The quantitative estimate of drug-likeness (QED) is 0.735. The van der Waals surface area contributed by atoms with E-state index in [0.29, 0.717) is 17.3 Å². The van der Waals surface area contributed by atoms with Crippen LogP contribution < -0.4 is 10.2 Å². The standard InChI is InChI=1S/C21H25N5O2/c1-14-19(20(24-25(14)3)26-11-7-8-12-26)23-18(27)13-17-15(2)28-21(22-17)16-9-5-4-6-10-16/h4-6,9-10H,7-8,11-13H2,1-3H3,(H,23,27). The second-order valence-electron chi connectivity index (χ2n) is 7.21. The molecule has 1 N–H and O–H groups in total. The molecule has 28 heavy (non-hydrogen) atoms. The van der Waals surface area contributed by atoms with Crippen molar-refractivity contribution < 1.29 is 9.21 Å². The van der Waals surface area contributed by atoms with Crippen molar-refractivity contribution in [3.63, 3.8) is 0 Å². The maximum Gasteiger partial charge on any atom is 0.230 e. The number of nitrogens with one attached hydrogen (secondary N) is 1. The van der Waals surface area contributed by atoms with Gasteiger partial charge in [-0.25, -0.2) is 4.98 Å². The molecule has 1 amide bonds. The Kier molecular flexibility index (Phi) is 4.90. The topological polar surface area (TPSA) is 76.2 Å². The third-order valence-corrected chi connectivity index (χ3v) is 5.23. The first-order valence-corrected chi connectivity index (χ1v) is 9.63. The fourth-order valence-electron chi connectivity index (χ4n) is 3.52. The minimum Gasteiger partial charge on any atom is -0.441 e. The van der Waals surface area contributed by atoms with Crippen molar-refractivity contribution in [3.8, 4) is 11.5 Å². The first kappa shape index (κ1) is 18.3. The van der Waals surface area contributed by atoms with Gasteiger partial charge in [0.15, 0.2) is 5.82 Å². The fraction of sp³-hybridized carbons (Fsp3) is 0.381. The fourth-order valence-corrected chi connectivity index (χ4v) is 3.52. The number of hydrogen-bond acceptors (Lipinski definition) is 5. The summed E-state index contributed by atoms with van der Waals surface area (Å²) in [6.45, 7) is 5.76. The summed E-state index contributed by atoms with van der Waals surface area (Å²) in [5.41, 5.74) is 3.29. The van der Waals surface area contributed by atoms with E-state index in [4.69, 9.17) is 4.42 Å². The Morgan fingerprint density at radius 1 is 1.18 bits per heavy atom. The van der Waals surface area contributed by atoms with Gasteiger partial charge in [0.25, 0.3) is 0 Å². The largest absolute Gasteiger partial charge is 0.441 e. The molecular weight excluding hydrogens is 354 g/mol. The van der Waals surface area contributed by atoms with Crippen molar-refractivity contribution in [2.24, 2.45) is 7.05 Å². The zero-order chi connectivity index (χ0) is 19.7. The second-order valence-corrected chi connectivity index (χ2v) is 7.21. The zero-order valence-corrected chi connectivity index (χ0v) is 16.5. The Bertz CT molecular complexity index is 984. The molecule has 1 aromatic carbocycles. The van der Waals surface area contributed by atoms with E-state index in [1.165, 1.54) is 0 Å². The van der Waals surface area contributed by atoms with E-state index in [2.05, 4.69) is 20.3 Å². The lowest BCUT2D eigenvalue weighted by molar-refractivity contribution is -0.115. The Morgan fingerprint density at radius 3 is 2.61 bits per heavy atom. The van der Waals surface area contributed by atoms with Crippen molar-refractivity contribution in [1.29, 1.82) is 0 Å². The molecule has 1 aliphatic rings. The van der Waals surface area contributed by atoms with Crippen LogP contribution in [-0.4, -0.2) is 33.8 Å². The molecule has 0 saturated carbocycles. The van der Waals surface area contributed by atoms with Gasteiger partial charge in [-0.3, -0.25) is 9.48 Å². The number of hydrogen-bond donors (Lipinski definition) is 1. The number of aromatic nitrogens is 3. The van der Waals surface area contributed by atoms with Crippen molar-refractivity contribution in [1.82, 2.24) is 14.8 Å². The van der Waals surface area contributed by atoms with Gasteiger partial charge in [0, 0.05) is 25.7 Å². The summed E-state index contributed by atoms with van der Waals surface area (Å²) in [7, 11) is 1.90. The van der Waals surface area contributed by atoms with Crippen LogP contribution in [0.25, 0.3) is 11.5 Å². The van der Waals surface area contributed by atoms with E-state index in [-0.39, 0.29) is 12.3 Å². The molecule has 7 heteroatoms. The van der Waals surface area contributed by atoms with E-state index >= 15 is 0 Å². The first-order valence-electron chi connectivity index (χ1n) is 9.63. The monoisotopic (exact) mass is 379 g/mol. The van der Waals surface area contributed by atoms with Crippen LogP contribution in [0.2, 0.25) is 0 Å². The number of carbonyl (C=O) groups excluding carboxylic acids is 1. The van der Waals surface area contributed by atoms with Crippen molar-refractivity contribution in [2.45, 2.75) is 33.1 Å². The lowest BCUT2D eigenvalue weighted by Gasteiger charge is -2.16. The highest BCUT2D eigenvalue weighted by molar-refractivity contribution is 5.95. The number of rotatable bonds is 5. The van der Waals surface area contributed by atoms with Crippen LogP contribution in [0, 0.1) is 13.8 Å². The van der Waals surface area contributed by atoms with Gasteiger partial charge in [0.1, 0.15) is 11.4 Å². The molecule has 4 rings (SSSR count). The molecule has 3 heterocycles. The van der Waals surface area contributed by atoms with E-state index in [1.54, 1.807) is 0 Å². The molecule has 1 fully saturated rings. The molecule has 0 unspecified atom stereocenters. The average molecular weight is 379 g/mol. The van der Waals surface area contributed by atoms with E-state index in [9.17, 15) is 4.79 Å². The number of nitrogens with zero attached hydrogens (tertiary/aromatic N) is 4. The highest BCUT2D eigenvalue weighted by atomic mass is 16.4. The Balaban J connectivity index is 1.52. The normalized spacial score (nSPS) is 13.9. The molecule has 7 nitrogen and oxygen atoms in total. The van der Waals surface area contributed by atoms with E-state index < -0.39 is 0 Å². The number of aryl methyl sites for hydroxylation is 2. The van der Waals surface area contributed by atoms with Gasteiger partial charge in [-0.2, -0.15) is 5.10 Å². The third kappa shape index (κ3) is 3.52. The first-order chi connectivity index (χ1) is 13.5. The van der Waals surface area contributed by atoms with Crippen LogP contribution in [0.15, 0.2) is 34.7 Å². The smallest absolute Gasteiger partial charge is 0.230 e. The molecule has 0 radical (unpaired) electrons. The Morgan fingerprint density at radius 2 is 1.89 bits per heavy atom. The van der Waals surface area contributed by atoms with Gasteiger partial charge in [-0.1, -0.05) is 18.2 Å². The number of carbonyl (C=O) groups is 1. The van der Waals surface area contributed by atoms with Crippen LogP contribution >= 0.6 is 0 Å². The predicted octanol–water partition coefficient (Wildman–Crippen LogP) is 3.47. The lowest BCUT2D eigenvalue weighted by atomic mass is 10.2. The molecule has 0 spiro atoms. The average Bonchev–Trinajstić information content (AvgIpc) is 3.40. The number of anilines is 2. The summed E-state index contributed by atoms with van der Waals surface area (Å²) in [6, 6.07) is 9.70. The van der Waals surface area contributed by atoms with Crippen LogP contribution in [0.3, 0.4) is 0 Å². The van der Waals surface area contributed by atoms with Crippen molar-refractivity contribution in [2.75, 3.05) is 23.3 Å². The maximum atomic E-state index is 12.8. The molecular formula is C21H25N5O2. The molecule has 0 atom stereocenters. The van der Waals surface area contributed by atoms with Gasteiger partial charge in [-0.05, 0) is 38.8 Å². The Labute approximate surface area is 164 Å². The van der Waals surface area contributed by atoms with Crippen LogP contribution in [0.1, 0.15) is 30.0 Å². The number of amides is 1. The molecule has 1 aliphatic heterocycles. The minimum absolute atomic E-state index is 0.118. The van der Waals surface area contributed by atoms with Gasteiger partial charge in [0.05, 0.1) is 17.8 Å². The van der Waals surface area contributed by atoms with E-state index in [1.807, 2.05) is 55.9 Å². The summed E-state index contributed by atoms with van der Waals surface area (Å²) in [5.74, 6) is 1.94. The van der Waals surface area contributed by atoms with Gasteiger partial charge in [-0.15, -0.1) is 0 Å². The lowest BCUT2D eigenvalue weighted by Crippen LogP contribution is -2.22. The third-order valence-electron chi connectivity index (χ3n) is 5.23. The number of oxazole rings is 1. The highest BCUT2D eigenvalue weighted by Crippen LogP contribution is 2.31. The summed E-state index contributed by atoms with van der Waals surface area (Å²) < 4.78 is 7.59. The van der Waals surface area contributed by atoms with Crippen LogP contribution in [0.5, 0.6) is 0 Å². The second kappa shape index (κ2) is 7.50. The molecule has 0 bridgehead atoms. The van der Waals surface area contributed by atoms with Crippen LogP contribution in [0.4, 0.5) is 11.5 Å². The molecule has 1 saturated heterocycles. The van der Waals surface area contributed by atoms with Crippen molar-refractivity contribution in [3.05, 3.63) is 47.5 Å². The van der Waals surface area contributed by atoms with E-state index in [0.717, 1.165) is 48.7 Å². The van der Waals surface area contributed by atoms with Crippen LogP contribution in [-0.2, 0) is 18.3 Å². The molecule has 3 aromatic rings. The van der Waals surface area contributed by atoms with Gasteiger partial charge < -0.3 is 14.6 Å². The summed E-state index contributed by atoms with van der Waals surface area (Å²) in [5, 5.41) is 7.66. The summed E-state index contributed by atoms with van der Waals surface area (Å²) >= 11 is 0. The molecule has 2 aromatic heterocycles. The summed E-state index contributed by atoms with van der Waals surface area (Å²) in [6.07, 6.45) is 2.47. The number of benzene rings is 1. The van der Waals surface area contributed by atoms with Gasteiger partial charge >= 0.3 is 0 Å².